The van der Waals surface area contributed by atoms with Crippen molar-refractivity contribution in [1.82, 2.24) is 15.0 Å². The van der Waals surface area contributed by atoms with Crippen molar-refractivity contribution in [2.75, 3.05) is 17.2 Å². The van der Waals surface area contributed by atoms with Gasteiger partial charge in [-0.05, 0) is 53.9 Å². The highest BCUT2D eigenvalue weighted by Crippen LogP contribution is 2.30. The number of amides is 1. The van der Waals surface area contributed by atoms with Crippen molar-refractivity contribution in [1.29, 1.82) is 0 Å². The van der Waals surface area contributed by atoms with Crippen molar-refractivity contribution in [3.63, 3.8) is 0 Å². The summed E-state index contributed by atoms with van der Waals surface area (Å²) in [6.07, 6.45) is 5.58. The highest BCUT2D eigenvalue weighted by molar-refractivity contribution is 5.87. The van der Waals surface area contributed by atoms with E-state index in [0.29, 0.717) is 42.3 Å². The van der Waals surface area contributed by atoms with Crippen LogP contribution in [0.25, 0.3) is 0 Å². The van der Waals surface area contributed by atoms with E-state index in [1.807, 2.05) is 42.5 Å². The van der Waals surface area contributed by atoms with Crippen LogP contribution in [0.15, 0.2) is 85.3 Å². The lowest BCUT2D eigenvalue weighted by Gasteiger charge is -2.19. The van der Waals surface area contributed by atoms with E-state index in [9.17, 15) is 9.18 Å². The molecule has 0 aliphatic carbocycles. The number of halogens is 1. The molecule has 0 saturated heterocycles. The molecular formula is C26H25FN6O. The number of nitrogens with one attached hydrogen (secondary N) is 2. The summed E-state index contributed by atoms with van der Waals surface area (Å²) < 4.78 is 13.5. The van der Waals surface area contributed by atoms with Crippen LogP contribution >= 0.6 is 0 Å². The molecule has 34 heavy (non-hydrogen) atoms. The molecule has 4 rings (SSSR count). The Balaban J connectivity index is 1.60. The average molecular weight is 457 g/mol. The van der Waals surface area contributed by atoms with Gasteiger partial charge in [-0.15, -0.1) is 0 Å². The zero-order valence-electron chi connectivity index (χ0n) is 18.5. The van der Waals surface area contributed by atoms with Gasteiger partial charge in [-0.25, -0.2) is 9.37 Å². The molecule has 3 heterocycles. The standard InChI is InChI=1S/C26H25FN6O/c27-20-7-3-5-18(15-20)11-14-31-26-22(24(25(28)34)19-6-4-12-29-16-19)9-10-23(33-26)32-17-21-8-1-2-13-30-21/h1-10,12-13,15-16,24H,11,14,17H2,(H2,28,34)(H2,31,32,33). The largest absolute Gasteiger partial charge is 0.369 e. The summed E-state index contributed by atoms with van der Waals surface area (Å²) in [6.45, 7) is 0.990. The molecule has 8 heteroatoms. The third kappa shape index (κ3) is 5.92. The molecule has 0 spiro atoms. The Kier molecular flexibility index (Phi) is 7.39. The molecule has 1 amide bonds. The third-order valence-corrected chi connectivity index (χ3v) is 5.31. The highest BCUT2D eigenvalue weighted by Gasteiger charge is 2.24. The molecule has 0 bridgehead atoms. The van der Waals surface area contributed by atoms with E-state index in [4.69, 9.17) is 10.7 Å². The van der Waals surface area contributed by atoms with E-state index in [-0.39, 0.29) is 5.82 Å². The van der Waals surface area contributed by atoms with Gasteiger partial charge in [0.15, 0.2) is 0 Å². The molecule has 4 aromatic rings. The Morgan fingerprint density at radius 1 is 1.00 bits per heavy atom. The van der Waals surface area contributed by atoms with Crippen LogP contribution in [0, 0.1) is 5.82 Å². The van der Waals surface area contributed by atoms with Crippen LogP contribution < -0.4 is 16.4 Å². The number of carbonyl (C=O) groups is 1. The molecule has 0 aliphatic heterocycles. The minimum Gasteiger partial charge on any atom is -0.369 e. The van der Waals surface area contributed by atoms with Crippen molar-refractivity contribution in [3.8, 4) is 0 Å². The molecule has 3 aromatic heterocycles. The van der Waals surface area contributed by atoms with Gasteiger partial charge in [0, 0.05) is 30.7 Å². The van der Waals surface area contributed by atoms with Gasteiger partial charge in [-0.1, -0.05) is 30.3 Å². The second kappa shape index (κ2) is 11.0. The van der Waals surface area contributed by atoms with E-state index in [0.717, 1.165) is 11.3 Å². The first-order valence-corrected chi connectivity index (χ1v) is 10.9. The molecule has 1 atom stereocenters. The number of pyridine rings is 3. The molecular weight excluding hydrogens is 431 g/mol. The van der Waals surface area contributed by atoms with Gasteiger partial charge in [0.25, 0.3) is 0 Å². The first kappa shape index (κ1) is 22.8. The second-order valence-electron chi connectivity index (χ2n) is 7.74. The SMILES string of the molecule is NC(=O)C(c1cccnc1)c1ccc(NCc2ccccn2)nc1NCCc1cccc(F)c1. The quantitative estimate of drug-likeness (QED) is 0.334. The first-order valence-electron chi connectivity index (χ1n) is 10.9. The van der Waals surface area contributed by atoms with Crippen LogP contribution in [-0.4, -0.2) is 27.4 Å². The maximum Gasteiger partial charge on any atom is 0.229 e. The number of aromatic nitrogens is 3. The topological polar surface area (TPSA) is 106 Å². The van der Waals surface area contributed by atoms with E-state index >= 15 is 0 Å². The molecule has 172 valence electrons. The minimum absolute atomic E-state index is 0.276. The van der Waals surface area contributed by atoms with E-state index < -0.39 is 11.8 Å². The molecule has 0 radical (unpaired) electrons. The van der Waals surface area contributed by atoms with Gasteiger partial charge in [0.1, 0.15) is 17.5 Å². The summed E-state index contributed by atoms with van der Waals surface area (Å²) in [5.41, 5.74) is 8.85. The van der Waals surface area contributed by atoms with Gasteiger partial charge < -0.3 is 16.4 Å². The van der Waals surface area contributed by atoms with Crippen LogP contribution in [0.4, 0.5) is 16.0 Å². The van der Waals surface area contributed by atoms with Crippen molar-refractivity contribution in [2.24, 2.45) is 5.73 Å². The third-order valence-electron chi connectivity index (χ3n) is 5.31. The predicted octanol–water partition coefficient (Wildman–Crippen LogP) is 3.89. The predicted molar refractivity (Wildman–Crippen MR) is 130 cm³/mol. The van der Waals surface area contributed by atoms with Crippen LogP contribution in [0.3, 0.4) is 0 Å². The zero-order chi connectivity index (χ0) is 23.8. The lowest BCUT2D eigenvalue weighted by atomic mass is 9.92. The fourth-order valence-electron chi connectivity index (χ4n) is 3.69. The maximum absolute atomic E-state index is 13.5. The highest BCUT2D eigenvalue weighted by atomic mass is 19.1. The van der Waals surface area contributed by atoms with Crippen LogP contribution in [0.2, 0.25) is 0 Å². The summed E-state index contributed by atoms with van der Waals surface area (Å²) in [5.74, 6) is -0.352. The fraction of sp³-hybridized carbons (Fsp3) is 0.154. The molecule has 0 aliphatic rings. The Hall–Kier alpha value is -4.33. The Bertz CT molecular complexity index is 1240. The first-order chi connectivity index (χ1) is 16.6. The van der Waals surface area contributed by atoms with Crippen molar-refractivity contribution >= 4 is 17.5 Å². The fourth-order valence-corrected chi connectivity index (χ4v) is 3.69. The normalized spacial score (nSPS) is 11.6. The molecule has 4 N–H and O–H groups in total. The summed E-state index contributed by atoms with van der Waals surface area (Å²) >= 11 is 0. The Morgan fingerprint density at radius 3 is 2.65 bits per heavy atom. The number of nitrogens with two attached hydrogens (primary N) is 1. The maximum atomic E-state index is 13.5. The summed E-state index contributed by atoms with van der Waals surface area (Å²) in [6, 6.07) is 19.4. The van der Waals surface area contributed by atoms with E-state index in [2.05, 4.69) is 20.6 Å². The van der Waals surface area contributed by atoms with E-state index in [1.165, 1.54) is 12.1 Å². The number of nitrogens with zero attached hydrogens (tertiary/aromatic N) is 3. The van der Waals surface area contributed by atoms with Crippen LogP contribution in [0.5, 0.6) is 0 Å². The van der Waals surface area contributed by atoms with Crippen molar-refractivity contribution < 1.29 is 9.18 Å². The lowest BCUT2D eigenvalue weighted by Crippen LogP contribution is -2.24. The van der Waals surface area contributed by atoms with E-state index in [1.54, 1.807) is 30.7 Å². The monoisotopic (exact) mass is 456 g/mol. The van der Waals surface area contributed by atoms with Gasteiger partial charge in [-0.2, -0.15) is 0 Å². The Labute approximate surface area is 197 Å². The lowest BCUT2D eigenvalue weighted by molar-refractivity contribution is -0.118. The second-order valence-corrected chi connectivity index (χ2v) is 7.74. The average Bonchev–Trinajstić information content (AvgIpc) is 2.85. The van der Waals surface area contributed by atoms with Gasteiger partial charge in [0.2, 0.25) is 5.91 Å². The summed E-state index contributed by atoms with van der Waals surface area (Å²) in [5, 5.41) is 6.57. The van der Waals surface area contributed by atoms with Gasteiger partial charge in [-0.3, -0.25) is 14.8 Å². The summed E-state index contributed by atoms with van der Waals surface area (Å²) in [4.78, 5) is 25.6. The number of hydrogen-bond donors (Lipinski definition) is 3. The number of anilines is 2. The molecule has 0 fully saturated rings. The van der Waals surface area contributed by atoms with Gasteiger partial charge in [0.05, 0.1) is 18.2 Å². The molecule has 0 saturated carbocycles. The molecule has 1 aromatic carbocycles. The number of carbonyl (C=O) groups excluding carboxylic acids is 1. The smallest absolute Gasteiger partial charge is 0.229 e. The number of rotatable bonds is 10. The van der Waals surface area contributed by atoms with Crippen molar-refractivity contribution in [3.05, 3.63) is 114 Å². The number of primary amides is 1. The number of hydrogen-bond acceptors (Lipinski definition) is 6. The molecule has 7 nitrogen and oxygen atoms in total. The zero-order valence-corrected chi connectivity index (χ0v) is 18.5. The van der Waals surface area contributed by atoms with Crippen LogP contribution in [0.1, 0.15) is 28.3 Å². The Morgan fingerprint density at radius 2 is 1.91 bits per heavy atom. The molecule has 1 unspecified atom stereocenters. The number of benzene rings is 1. The minimum atomic E-state index is -0.720. The van der Waals surface area contributed by atoms with Crippen LogP contribution in [-0.2, 0) is 17.8 Å². The van der Waals surface area contributed by atoms with Crippen molar-refractivity contribution in [2.45, 2.75) is 18.9 Å². The summed E-state index contributed by atoms with van der Waals surface area (Å²) in [7, 11) is 0. The van der Waals surface area contributed by atoms with Gasteiger partial charge >= 0.3 is 0 Å².